The fourth-order valence-corrected chi connectivity index (χ4v) is 1.98. The van der Waals surface area contributed by atoms with Crippen molar-refractivity contribution in [1.29, 1.82) is 0 Å². The van der Waals surface area contributed by atoms with Gasteiger partial charge in [-0.3, -0.25) is 4.90 Å². The average molecular weight is 215 g/mol. The molecule has 2 N–H and O–H groups in total. The zero-order chi connectivity index (χ0) is 11.1. The van der Waals surface area contributed by atoms with Crippen LogP contribution in [-0.4, -0.2) is 68.8 Å². The van der Waals surface area contributed by atoms with Gasteiger partial charge in [0.2, 0.25) is 0 Å². The summed E-state index contributed by atoms with van der Waals surface area (Å²) in [6, 6.07) is 0. The molecule has 0 aromatic rings. The van der Waals surface area contributed by atoms with Crippen LogP contribution in [0.15, 0.2) is 0 Å². The van der Waals surface area contributed by atoms with E-state index in [1.165, 1.54) is 0 Å². The van der Waals surface area contributed by atoms with Crippen molar-refractivity contribution in [3.8, 4) is 0 Å². The van der Waals surface area contributed by atoms with Crippen LogP contribution in [-0.2, 0) is 4.74 Å². The second kappa shape index (κ2) is 7.17. The molecule has 0 aliphatic carbocycles. The van der Waals surface area contributed by atoms with Crippen LogP contribution in [0.4, 0.5) is 0 Å². The SMILES string of the molecule is CCN1CCOC(CN(C)CCCN)C1. The number of likely N-dealkylation sites (N-methyl/N-ethyl adjacent to an activating group) is 2. The van der Waals surface area contributed by atoms with Crippen molar-refractivity contribution in [2.75, 3.05) is 52.9 Å². The number of hydrogen-bond acceptors (Lipinski definition) is 4. The van der Waals surface area contributed by atoms with Gasteiger partial charge in [0.15, 0.2) is 0 Å². The predicted octanol–water partition coefficient (Wildman–Crippen LogP) is -0.0123. The Bertz CT molecular complexity index is 166. The Balaban J connectivity index is 2.19. The smallest absolute Gasteiger partial charge is 0.0829 e. The Morgan fingerprint density at radius 1 is 1.53 bits per heavy atom. The van der Waals surface area contributed by atoms with E-state index in [9.17, 15) is 0 Å². The van der Waals surface area contributed by atoms with Crippen LogP contribution in [0.1, 0.15) is 13.3 Å². The molecule has 0 amide bonds. The summed E-state index contributed by atoms with van der Waals surface area (Å²) in [5, 5.41) is 0. The lowest BCUT2D eigenvalue weighted by Crippen LogP contribution is -2.46. The molecule has 0 spiro atoms. The number of nitrogens with two attached hydrogens (primary N) is 1. The molecule has 15 heavy (non-hydrogen) atoms. The molecule has 1 atom stereocenters. The fraction of sp³-hybridized carbons (Fsp3) is 1.00. The van der Waals surface area contributed by atoms with Gasteiger partial charge in [0.25, 0.3) is 0 Å². The highest BCUT2D eigenvalue weighted by molar-refractivity contribution is 4.73. The number of morpholine rings is 1. The second-order valence-electron chi connectivity index (χ2n) is 4.29. The minimum absolute atomic E-state index is 0.376. The first-order valence-corrected chi connectivity index (χ1v) is 5.98. The minimum atomic E-state index is 0.376. The summed E-state index contributed by atoms with van der Waals surface area (Å²) >= 11 is 0. The Morgan fingerprint density at radius 2 is 2.33 bits per heavy atom. The van der Waals surface area contributed by atoms with E-state index in [2.05, 4.69) is 23.8 Å². The van der Waals surface area contributed by atoms with Crippen LogP contribution >= 0.6 is 0 Å². The van der Waals surface area contributed by atoms with Gasteiger partial charge in [-0.05, 0) is 33.1 Å². The van der Waals surface area contributed by atoms with Crippen LogP contribution in [0.25, 0.3) is 0 Å². The highest BCUT2D eigenvalue weighted by atomic mass is 16.5. The first-order chi connectivity index (χ1) is 7.26. The number of hydrogen-bond donors (Lipinski definition) is 1. The third-order valence-corrected chi connectivity index (χ3v) is 2.93. The van der Waals surface area contributed by atoms with E-state index < -0.39 is 0 Å². The molecule has 1 rings (SSSR count). The van der Waals surface area contributed by atoms with E-state index in [4.69, 9.17) is 10.5 Å². The predicted molar refractivity (Wildman–Crippen MR) is 63.0 cm³/mol. The average Bonchev–Trinajstić information content (AvgIpc) is 2.26. The van der Waals surface area contributed by atoms with E-state index in [0.717, 1.165) is 52.3 Å². The number of ether oxygens (including phenoxy) is 1. The van der Waals surface area contributed by atoms with Gasteiger partial charge >= 0.3 is 0 Å². The molecule has 0 saturated carbocycles. The topological polar surface area (TPSA) is 41.7 Å². The zero-order valence-corrected chi connectivity index (χ0v) is 10.1. The monoisotopic (exact) mass is 215 g/mol. The quantitative estimate of drug-likeness (QED) is 0.676. The molecule has 1 unspecified atom stereocenters. The molecule has 1 saturated heterocycles. The molecule has 0 aromatic heterocycles. The summed E-state index contributed by atoms with van der Waals surface area (Å²) in [7, 11) is 2.14. The molecule has 0 radical (unpaired) electrons. The van der Waals surface area contributed by atoms with Crippen molar-refractivity contribution in [2.45, 2.75) is 19.4 Å². The van der Waals surface area contributed by atoms with Crippen LogP contribution in [0, 0.1) is 0 Å². The lowest BCUT2D eigenvalue weighted by atomic mass is 10.2. The standard InChI is InChI=1S/C11H25N3O/c1-3-14-7-8-15-11(10-14)9-13(2)6-4-5-12/h11H,3-10,12H2,1-2H3. The number of rotatable bonds is 6. The zero-order valence-electron chi connectivity index (χ0n) is 10.1. The lowest BCUT2D eigenvalue weighted by Gasteiger charge is -2.34. The summed E-state index contributed by atoms with van der Waals surface area (Å²) in [5.41, 5.74) is 5.49. The first-order valence-electron chi connectivity index (χ1n) is 5.98. The first kappa shape index (κ1) is 12.9. The van der Waals surface area contributed by atoms with Crippen molar-refractivity contribution < 1.29 is 4.74 Å². The van der Waals surface area contributed by atoms with E-state index in [0.29, 0.717) is 6.10 Å². The Labute approximate surface area is 93.4 Å². The molecule has 1 fully saturated rings. The van der Waals surface area contributed by atoms with E-state index in [1.807, 2.05) is 0 Å². The van der Waals surface area contributed by atoms with Crippen molar-refractivity contribution in [3.63, 3.8) is 0 Å². The molecular weight excluding hydrogens is 190 g/mol. The summed E-state index contributed by atoms with van der Waals surface area (Å²) in [6.45, 7) is 9.25. The molecule has 4 heteroatoms. The number of nitrogens with zero attached hydrogens (tertiary/aromatic N) is 2. The minimum Gasteiger partial charge on any atom is -0.374 e. The van der Waals surface area contributed by atoms with Gasteiger partial charge in [-0.1, -0.05) is 6.92 Å². The van der Waals surface area contributed by atoms with Gasteiger partial charge in [0, 0.05) is 19.6 Å². The molecule has 1 aliphatic rings. The highest BCUT2D eigenvalue weighted by Gasteiger charge is 2.20. The molecule has 1 aliphatic heterocycles. The van der Waals surface area contributed by atoms with Gasteiger partial charge < -0.3 is 15.4 Å². The molecule has 1 heterocycles. The van der Waals surface area contributed by atoms with Crippen molar-refractivity contribution >= 4 is 0 Å². The Hall–Kier alpha value is -0.160. The maximum Gasteiger partial charge on any atom is 0.0829 e. The Morgan fingerprint density at radius 3 is 3.00 bits per heavy atom. The third-order valence-electron chi connectivity index (χ3n) is 2.93. The summed E-state index contributed by atoms with van der Waals surface area (Å²) < 4.78 is 5.75. The molecule has 0 bridgehead atoms. The van der Waals surface area contributed by atoms with Crippen molar-refractivity contribution in [3.05, 3.63) is 0 Å². The summed E-state index contributed by atoms with van der Waals surface area (Å²) in [4.78, 5) is 4.77. The van der Waals surface area contributed by atoms with Crippen LogP contribution in [0.3, 0.4) is 0 Å². The maximum atomic E-state index is 5.75. The summed E-state index contributed by atoms with van der Waals surface area (Å²) in [6.07, 6.45) is 1.45. The van der Waals surface area contributed by atoms with Gasteiger partial charge in [-0.2, -0.15) is 0 Å². The molecule has 0 aromatic carbocycles. The van der Waals surface area contributed by atoms with E-state index in [1.54, 1.807) is 0 Å². The lowest BCUT2D eigenvalue weighted by molar-refractivity contribution is -0.0388. The van der Waals surface area contributed by atoms with Gasteiger partial charge in [-0.15, -0.1) is 0 Å². The fourth-order valence-electron chi connectivity index (χ4n) is 1.98. The van der Waals surface area contributed by atoms with Crippen molar-refractivity contribution in [2.24, 2.45) is 5.73 Å². The molecular formula is C11H25N3O. The van der Waals surface area contributed by atoms with Gasteiger partial charge in [-0.25, -0.2) is 0 Å². The van der Waals surface area contributed by atoms with E-state index in [-0.39, 0.29) is 0 Å². The van der Waals surface area contributed by atoms with Gasteiger partial charge in [0.1, 0.15) is 0 Å². The van der Waals surface area contributed by atoms with E-state index >= 15 is 0 Å². The molecule has 4 nitrogen and oxygen atoms in total. The molecule has 90 valence electrons. The van der Waals surface area contributed by atoms with Crippen LogP contribution in [0.5, 0.6) is 0 Å². The second-order valence-corrected chi connectivity index (χ2v) is 4.29. The third kappa shape index (κ3) is 4.93. The Kier molecular flexibility index (Phi) is 6.17. The highest BCUT2D eigenvalue weighted by Crippen LogP contribution is 2.06. The van der Waals surface area contributed by atoms with Gasteiger partial charge in [0.05, 0.1) is 12.7 Å². The van der Waals surface area contributed by atoms with Crippen molar-refractivity contribution in [1.82, 2.24) is 9.80 Å². The largest absolute Gasteiger partial charge is 0.374 e. The maximum absolute atomic E-state index is 5.75. The van der Waals surface area contributed by atoms with Crippen LogP contribution < -0.4 is 5.73 Å². The normalized spacial score (nSPS) is 23.6. The summed E-state index contributed by atoms with van der Waals surface area (Å²) in [5.74, 6) is 0. The van der Waals surface area contributed by atoms with Crippen LogP contribution in [0.2, 0.25) is 0 Å².